The van der Waals surface area contributed by atoms with E-state index in [0.717, 1.165) is 52.0 Å². The molecule has 9 nitrogen and oxygen atoms in total. The van der Waals surface area contributed by atoms with Crippen molar-refractivity contribution in [3.8, 4) is 0 Å². The summed E-state index contributed by atoms with van der Waals surface area (Å²) in [5, 5.41) is 7.48. The van der Waals surface area contributed by atoms with Crippen LogP contribution in [0.15, 0.2) is 4.63 Å². The van der Waals surface area contributed by atoms with E-state index in [2.05, 4.69) is 15.2 Å². The summed E-state index contributed by atoms with van der Waals surface area (Å²) in [6.45, 7) is 8.31. The van der Waals surface area contributed by atoms with E-state index in [1.54, 1.807) is 11.8 Å². The lowest BCUT2D eigenvalue weighted by Gasteiger charge is -2.52. The standard InChI is InChI=1S/C20H30N4O5/c1-3-28-19(26)20-6-4-16(23-8-10-27-11-9-23)12-15(20)5-7-24(13-20)18(25)17-14(2)21-29-22-17/h15-16H,3-13H2,1-2H3/t15-,16?,20-/m1/s1. The molecule has 0 N–H and O–H groups in total. The number of esters is 1. The lowest BCUT2D eigenvalue weighted by atomic mass is 9.61. The Balaban J connectivity index is 1.53. The fourth-order valence-corrected chi connectivity index (χ4v) is 5.26. The van der Waals surface area contributed by atoms with Crippen molar-refractivity contribution < 1.29 is 23.7 Å². The Morgan fingerprint density at radius 3 is 2.69 bits per heavy atom. The normalized spacial score (nSPS) is 30.6. The molecule has 3 aliphatic rings. The van der Waals surface area contributed by atoms with Crippen molar-refractivity contribution in [3.63, 3.8) is 0 Å². The van der Waals surface area contributed by atoms with Crippen molar-refractivity contribution in [2.24, 2.45) is 11.3 Å². The van der Waals surface area contributed by atoms with Crippen LogP contribution >= 0.6 is 0 Å². The van der Waals surface area contributed by atoms with Gasteiger partial charge in [-0.3, -0.25) is 14.5 Å². The molecule has 0 spiro atoms. The number of piperidine rings is 1. The van der Waals surface area contributed by atoms with Gasteiger partial charge in [-0.25, -0.2) is 4.63 Å². The number of hydrogen-bond acceptors (Lipinski definition) is 8. The Kier molecular flexibility index (Phi) is 5.87. The van der Waals surface area contributed by atoms with Gasteiger partial charge in [0.25, 0.3) is 5.91 Å². The Morgan fingerprint density at radius 2 is 2.00 bits per heavy atom. The van der Waals surface area contributed by atoms with Crippen LogP contribution in [0, 0.1) is 18.3 Å². The molecular formula is C20H30N4O5. The molecule has 0 radical (unpaired) electrons. The lowest BCUT2D eigenvalue weighted by molar-refractivity contribution is -0.168. The predicted molar refractivity (Wildman–Crippen MR) is 102 cm³/mol. The third-order valence-corrected chi connectivity index (χ3v) is 6.87. The van der Waals surface area contributed by atoms with Gasteiger partial charge in [0.15, 0.2) is 5.69 Å². The summed E-state index contributed by atoms with van der Waals surface area (Å²) in [5.74, 6) is -0.178. The van der Waals surface area contributed by atoms with Gasteiger partial charge in [0, 0.05) is 32.2 Å². The van der Waals surface area contributed by atoms with Crippen molar-refractivity contribution in [1.29, 1.82) is 0 Å². The van der Waals surface area contributed by atoms with Crippen LogP contribution in [0.4, 0.5) is 0 Å². The number of rotatable bonds is 4. The van der Waals surface area contributed by atoms with E-state index in [4.69, 9.17) is 14.1 Å². The third kappa shape index (κ3) is 3.77. The molecule has 9 heteroatoms. The number of ether oxygens (including phenoxy) is 2. The maximum absolute atomic E-state index is 13.1. The summed E-state index contributed by atoms with van der Waals surface area (Å²) in [5.41, 5.74) is 0.0559. The second-order valence-electron chi connectivity index (χ2n) is 8.36. The van der Waals surface area contributed by atoms with E-state index in [9.17, 15) is 9.59 Å². The zero-order valence-corrected chi connectivity index (χ0v) is 17.3. The van der Waals surface area contributed by atoms with Gasteiger partial charge in [0.1, 0.15) is 5.69 Å². The van der Waals surface area contributed by atoms with Crippen molar-refractivity contribution in [1.82, 2.24) is 20.1 Å². The topological polar surface area (TPSA) is 98.0 Å². The minimum absolute atomic E-state index is 0.169. The van der Waals surface area contributed by atoms with E-state index in [0.29, 0.717) is 31.4 Å². The number of likely N-dealkylation sites (tertiary alicyclic amines) is 1. The third-order valence-electron chi connectivity index (χ3n) is 6.87. The fourth-order valence-electron chi connectivity index (χ4n) is 5.26. The molecule has 2 saturated heterocycles. The second kappa shape index (κ2) is 8.39. The van der Waals surface area contributed by atoms with Gasteiger partial charge in [-0.2, -0.15) is 0 Å². The fraction of sp³-hybridized carbons (Fsp3) is 0.800. The van der Waals surface area contributed by atoms with E-state index in [1.807, 2.05) is 6.92 Å². The first-order chi connectivity index (χ1) is 14.0. The molecule has 29 heavy (non-hydrogen) atoms. The van der Waals surface area contributed by atoms with Crippen molar-refractivity contribution in [2.75, 3.05) is 46.0 Å². The molecular weight excluding hydrogens is 376 g/mol. The van der Waals surface area contributed by atoms with E-state index < -0.39 is 5.41 Å². The zero-order chi connectivity index (χ0) is 20.4. The van der Waals surface area contributed by atoms with Crippen LogP contribution in [-0.2, 0) is 14.3 Å². The number of aryl methyl sites for hydroxylation is 1. The first kappa shape index (κ1) is 20.3. The van der Waals surface area contributed by atoms with Crippen LogP contribution in [-0.4, -0.2) is 84.0 Å². The lowest BCUT2D eigenvalue weighted by Crippen LogP contribution is -2.59. The summed E-state index contributed by atoms with van der Waals surface area (Å²) in [6, 6.07) is 0.468. The van der Waals surface area contributed by atoms with Gasteiger partial charge >= 0.3 is 5.97 Å². The minimum atomic E-state index is -0.641. The zero-order valence-electron chi connectivity index (χ0n) is 17.3. The Bertz CT molecular complexity index is 747. The molecule has 1 aromatic heterocycles. The predicted octanol–water partition coefficient (Wildman–Crippen LogP) is 1.27. The quantitative estimate of drug-likeness (QED) is 0.690. The summed E-state index contributed by atoms with van der Waals surface area (Å²) in [6.07, 6.45) is 3.42. The number of carbonyl (C=O) groups is 2. The van der Waals surface area contributed by atoms with Crippen LogP contribution < -0.4 is 0 Å². The largest absolute Gasteiger partial charge is 0.466 e. The SMILES string of the molecule is CCOC(=O)[C@@]12CCC(N3CCOCC3)C[C@H]1CCN(C(=O)c1nonc1C)C2. The maximum Gasteiger partial charge on any atom is 0.314 e. The van der Waals surface area contributed by atoms with Gasteiger partial charge in [-0.15, -0.1) is 0 Å². The second-order valence-corrected chi connectivity index (χ2v) is 8.36. The molecule has 3 heterocycles. The number of hydrogen-bond donors (Lipinski definition) is 0. The van der Waals surface area contributed by atoms with Crippen LogP contribution in [0.5, 0.6) is 0 Å². The first-order valence-electron chi connectivity index (χ1n) is 10.6. The van der Waals surface area contributed by atoms with Crippen LogP contribution in [0.2, 0.25) is 0 Å². The highest BCUT2D eigenvalue weighted by Gasteiger charge is 2.54. The Labute approximate surface area is 170 Å². The van der Waals surface area contributed by atoms with Gasteiger partial charge in [-0.1, -0.05) is 5.16 Å². The molecule has 3 fully saturated rings. The summed E-state index contributed by atoms with van der Waals surface area (Å²) in [7, 11) is 0. The van der Waals surface area contributed by atoms with E-state index in [-0.39, 0.29) is 23.5 Å². The number of amides is 1. The molecule has 1 saturated carbocycles. The van der Waals surface area contributed by atoms with Crippen LogP contribution in [0.25, 0.3) is 0 Å². The molecule has 1 aromatic rings. The molecule has 0 aromatic carbocycles. The number of fused-ring (bicyclic) bond motifs is 1. The molecule has 0 bridgehead atoms. The Morgan fingerprint density at radius 1 is 1.21 bits per heavy atom. The van der Waals surface area contributed by atoms with E-state index in [1.165, 1.54) is 0 Å². The highest BCUT2D eigenvalue weighted by Crippen LogP contribution is 2.48. The molecule has 2 aliphatic heterocycles. The Hall–Kier alpha value is -2.00. The van der Waals surface area contributed by atoms with Gasteiger partial charge < -0.3 is 14.4 Å². The number of carbonyl (C=O) groups excluding carboxylic acids is 2. The average molecular weight is 406 g/mol. The van der Waals surface area contributed by atoms with Crippen molar-refractivity contribution in [2.45, 2.75) is 45.6 Å². The van der Waals surface area contributed by atoms with Crippen molar-refractivity contribution in [3.05, 3.63) is 11.4 Å². The summed E-state index contributed by atoms with van der Waals surface area (Å²) in [4.78, 5) is 30.3. The van der Waals surface area contributed by atoms with Gasteiger partial charge in [0.05, 0.1) is 25.2 Å². The van der Waals surface area contributed by atoms with Crippen molar-refractivity contribution >= 4 is 11.9 Å². The number of aromatic nitrogens is 2. The average Bonchev–Trinajstić information content (AvgIpc) is 3.19. The summed E-state index contributed by atoms with van der Waals surface area (Å²) < 4.78 is 15.7. The van der Waals surface area contributed by atoms with E-state index >= 15 is 0 Å². The van der Waals surface area contributed by atoms with Crippen LogP contribution in [0.1, 0.15) is 48.8 Å². The smallest absolute Gasteiger partial charge is 0.314 e. The summed E-state index contributed by atoms with van der Waals surface area (Å²) >= 11 is 0. The van der Waals surface area contributed by atoms with Crippen LogP contribution in [0.3, 0.4) is 0 Å². The molecule has 1 amide bonds. The molecule has 1 aliphatic carbocycles. The molecule has 3 atom stereocenters. The van der Waals surface area contributed by atoms with Gasteiger partial charge in [0.2, 0.25) is 0 Å². The molecule has 4 rings (SSSR count). The molecule has 160 valence electrons. The monoisotopic (exact) mass is 406 g/mol. The number of nitrogens with zero attached hydrogens (tertiary/aromatic N) is 4. The number of morpholine rings is 1. The first-order valence-corrected chi connectivity index (χ1v) is 10.6. The highest BCUT2D eigenvalue weighted by atomic mass is 16.6. The highest BCUT2D eigenvalue weighted by molar-refractivity contribution is 5.93. The van der Waals surface area contributed by atoms with Gasteiger partial charge in [-0.05, 0) is 50.6 Å². The molecule has 1 unspecified atom stereocenters. The maximum atomic E-state index is 13.1. The minimum Gasteiger partial charge on any atom is -0.466 e.